The summed E-state index contributed by atoms with van der Waals surface area (Å²) in [5.41, 5.74) is 5.54. The molecule has 13 nitrogen and oxygen atoms in total. The monoisotopic (exact) mass is 605 g/mol. The molecule has 3 rings (SSSR count). The van der Waals surface area contributed by atoms with E-state index in [1.54, 1.807) is 6.92 Å². The Bertz CT molecular complexity index is 1200. The third-order valence-corrected chi connectivity index (χ3v) is 7.18. The van der Waals surface area contributed by atoms with Gasteiger partial charge in [0.2, 0.25) is 6.10 Å². The van der Waals surface area contributed by atoms with Crippen molar-refractivity contribution in [1.82, 2.24) is 9.88 Å². The topological polar surface area (TPSA) is 152 Å². The summed E-state index contributed by atoms with van der Waals surface area (Å²) in [7, 11) is 0. The number of carbonyl (C=O) groups excluding carboxylic acids is 4. The van der Waals surface area contributed by atoms with Crippen LogP contribution in [-0.2, 0) is 73.5 Å². The Hall–Kier alpha value is -3.58. The van der Waals surface area contributed by atoms with Crippen LogP contribution in [0, 0.1) is 0 Å². The van der Waals surface area contributed by atoms with Gasteiger partial charge in [0.25, 0.3) is 6.29 Å². The normalized spacial score (nSPS) is 24.0. The Labute approximate surface area is 252 Å². The fourth-order valence-electron chi connectivity index (χ4n) is 5.20. The van der Waals surface area contributed by atoms with Crippen LogP contribution in [0.25, 0.3) is 0 Å². The van der Waals surface area contributed by atoms with Gasteiger partial charge < -0.3 is 28.5 Å². The number of fused-ring (bicyclic) bond motifs is 1. The molecule has 0 saturated carbocycles. The number of esters is 4. The van der Waals surface area contributed by atoms with E-state index in [0.29, 0.717) is 12.1 Å². The maximum Gasteiger partial charge on any atom is 0.303 e. The summed E-state index contributed by atoms with van der Waals surface area (Å²) < 4.78 is 27.2. The van der Waals surface area contributed by atoms with Gasteiger partial charge in [0.05, 0.1) is 5.71 Å². The molecule has 0 amide bonds. The second-order valence-electron chi connectivity index (χ2n) is 10.7. The van der Waals surface area contributed by atoms with Gasteiger partial charge in [-0.3, -0.25) is 29.1 Å². The molecule has 1 saturated heterocycles. The number of aromatic nitrogens is 1. The van der Waals surface area contributed by atoms with Crippen LogP contribution >= 0.6 is 0 Å². The van der Waals surface area contributed by atoms with Crippen molar-refractivity contribution in [3.63, 3.8) is 0 Å². The lowest BCUT2D eigenvalue weighted by molar-refractivity contribution is -0.308. The van der Waals surface area contributed by atoms with Crippen molar-refractivity contribution in [3.05, 3.63) is 28.6 Å². The number of hydrogen-bond donors (Lipinski definition) is 0. The minimum absolute atomic E-state index is 0.342. The summed E-state index contributed by atoms with van der Waals surface area (Å²) in [5.74, 6) is -2.74. The molecular formula is C30H43N3O10. The van der Waals surface area contributed by atoms with Crippen LogP contribution in [0.15, 0.2) is 11.2 Å². The van der Waals surface area contributed by atoms with Crippen LogP contribution in [0.4, 0.5) is 0 Å². The quantitative estimate of drug-likeness (QED) is 0.149. The van der Waals surface area contributed by atoms with Crippen LogP contribution in [0.1, 0.15) is 77.4 Å². The van der Waals surface area contributed by atoms with Gasteiger partial charge in [-0.05, 0) is 30.9 Å². The molecule has 1 fully saturated rings. The SMILES string of the molecule is CCc1cc2c(nc1CC)CCN(CCC(C)=NO[C@@H]1O[C@H](COC(C)=O)[C@@H](OC(C)=O)[C@H](OC(C)=O)[C@H]1OC(C)=O)C2. The first-order valence-electron chi connectivity index (χ1n) is 14.6. The molecule has 13 heteroatoms. The third kappa shape index (κ3) is 9.72. The predicted molar refractivity (Wildman–Crippen MR) is 153 cm³/mol. The highest BCUT2D eigenvalue weighted by molar-refractivity contribution is 5.81. The lowest BCUT2D eigenvalue weighted by Crippen LogP contribution is -2.62. The maximum atomic E-state index is 12.0. The van der Waals surface area contributed by atoms with Gasteiger partial charge in [-0.15, -0.1) is 0 Å². The zero-order valence-electron chi connectivity index (χ0n) is 26.0. The van der Waals surface area contributed by atoms with Crippen LogP contribution < -0.4 is 0 Å². The second-order valence-corrected chi connectivity index (χ2v) is 10.7. The van der Waals surface area contributed by atoms with Gasteiger partial charge in [0.1, 0.15) is 12.7 Å². The molecular weight excluding hydrogens is 562 g/mol. The third-order valence-electron chi connectivity index (χ3n) is 7.18. The highest BCUT2D eigenvalue weighted by Gasteiger charge is 2.53. The van der Waals surface area contributed by atoms with Gasteiger partial charge in [0, 0.05) is 71.6 Å². The molecule has 1 aromatic heterocycles. The van der Waals surface area contributed by atoms with Gasteiger partial charge >= 0.3 is 23.9 Å². The Morgan fingerprint density at radius 1 is 0.930 bits per heavy atom. The Balaban J connectivity index is 1.74. The molecule has 0 aliphatic carbocycles. The standard InChI is InChI=1S/C30H43N3O10/c1-8-22-14-23-15-33(13-11-25(23)31-24(22)9-2)12-10-17(3)32-43-30-29(41-21(7)37)28(40-20(6)36)27(39-19(5)35)26(42-30)16-38-18(4)34/h14,26-30H,8-13,15-16H2,1-7H3/t26-,27-,28+,29-,30+/m1/s1. The number of oxime groups is 1. The Kier molecular flexibility index (Phi) is 12.4. The molecule has 238 valence electrons. The molecule has 0 aromatic carbocycles. The van der Waals surface area contributed by atoms with Crippen LogP contribution in [0.2, 0.25) is 0 Å². The zero-order valence-corrected chi connectivity index (χ0v) is 26.0. The van der Waals surface area contributed by atoms with Gasteiger partial charge in [-0.2, -0.15) is 0 Å². The number of carbonyl (C=O) groups is 4. The number of hydrogen-bond acceptors (Lipinski definition) is 13. The molecule has 0 spiro atoms. The van der Waals surface area contributed by atoms with Crippen molar-refractivity contribution in [2.24, 2.45) is 5.16 Å². The second kappa shape index (κ2) is 15.8. The minimum Gasteiger partial charge on any atom is -0.463 e. The van der Waals surface area contributed by atoms with E-state index in [-0.39, 0.29) is 6.61 Å². The van der Waals surface area contributed by atoms with Crippen molar-refractivity contribution >= 4 is 29.6 Å². The van der Waals surface area contributed by atoms with E-state index < -0.39 is 54.6 Å². The van der Waals surface area contributed by atoms with Crippen molar-refractivity contribution in [1.29, 1.82) is 0 Å². The highest BCUT2D eigenvalue weighted by Crippen LogP contribution is 2.30. The van der Waals surface area contributed by atoms with Crippen molar-refractivity contribution < 1.29 is 47.7 Å². The van der Waals surface area contributed by atoms with Crippen LogP contribution in [-0.4, -0.2) is 89.9 Å². The van der Waals surface area contributed by atoms with Gasteiger partial charge in [-0.1, -0.05) is 25.1 Å². The first kappa shape index (κ1) is 33.9. The highest BCUT2D eigenvalue weighted by atomic mass is 16.8. The average molecular weight is 606 g/mol. The molecule has 0 unspecified atom stereocenters. The lowest BCUT2D eigenvalue weighted by atomic mass is 9.98. The summed E-state index contributed by atoms with van der Waals surface area (Å²) in [5, 5.41) is 4.22. The predicted octanol–water partition coefficient (Wildman–Crippen LogP) is 2.43. The van der Waals surface area contributed by atoms with E-state index in [0.717, 1.165) is 52.7 Å². The summed E-state index contributed by atoms with van der Waals surface area (Å²) in [4.78, 5) is 60.3. The average Bonchev–Trinajstić information content (AvgIpc) is 2.94. The Morgan fingerprint density at radius 3 is 2.19 bits per heavy atom. The molecule has 3 heterocycles. The molecule has 0 N–H and O–H groups in total. The lowest BCUT2D eigenvalue weighted by Gasteiger charge is -2.43. The summed E-state index contributed by atoms with van der Waals surface area (Å²) in [6.07, 6.45) is -3.03. The van der Waals surface area contributed by atoms with E-state index in [1.807, 2.05) is 0 Å². The number of rotatable bonds is 12. The molecule has 5 atom stereocenters. The van der Waals surface area contributed by atoms with E-state index in [1.165, 1.54) is 36.4 Å². The van der Waals surface area contributed by atoms with Gasteiger partial charge in [0.15, 0.2) is 12.2 Å². The molecule has 2 aliphatic rings. The van der Waals surface area contributed by atoms with E-state index in [9.17, 15) is 19.2 Å². The van der Waals surface area contributed by atoms with Crippen molar-refractivity contribution in [2.45, 2.75) is 111 Å². The Morgan fingerprint density at radius 2 is 1.58 bits per heavy atom. The summed E-state index contributed by atoms with van der Waals surface area (Å²) in [6, 6.07) is 2.28. The van der Waals surface area contributed by atoms with Crippen LogP contribution in [0.5, 0.6) is 0 Å². The number of ether oxygens (including phenoxy) is 5. The molecule has 43 heavy (non-hydrogen) atoms. The van der Waals surface area contributed by atoms with Gasteiger partial charge in [-0.25, -0.2) is 0 Å². The van der Waals surface area contributed by atoms with E-state index in [2.05, 4.69) is 30.0 Å². The summed E-state index contributed by atoms with van der Waals surface area (Å²) in [6.45, 7) is 12.8. The minimum atomic E-state index is -1.36. The number of nitrogens with zero attached hydrogens (tertiary/aromatic N) is 3. The first-order valence-corrected chi connectivity index (χ1v) is 14.6. The molecule has 0 bridgehead atoms. The number of pyridine rings is 1. The number of aryl methyl sites for hydroxylation is 2. The van der Waals surface area contributed by atoms with E-state index in [4.69, 9.17) is 33.5 Å². The van der Waals surface area contributed by atoms with E-state index >= 15 is 0 Å². The molecule has 1 aromatic rings. The summed E-state index contributed by atoms with van der Waals surface area (Å²) >= 11 is 0. The maximum absolute atomic E-state index is 12.0. The fraction of sp³-hybridized carbons (Fsp3) is 0.667. The largest absolute Gasteiger partial charge is 0.463 e. The van der Waals surface area contributed by atoms with Crippen molar-refractivity contribution in [2.75, 3.05) is 19.7 Å². The van der Waals surface area contributed by atoms with Crippen molar-refractivity contribution in [3.8, 4) is 0 Å². The molecule has 0 radical (unpaired) electrons. The first-order chi connectivity index (χ1) is 20.4. The molecule has 2 aliphatic heterocycles. The zero-order chi connectivity index (χ0) is 31.7. The smallest absolute Gasteiger partial charge is 0.303 e. The van der Waals surface area contributed by atoms with Crippen LogP contribution in [0.3, 0.4) is 0 Å². The fourth-order valence-corrected chi connectivity index (χ4v) is 5.20.